The summed E-state index contributed by atoms with van der Waals surface area (Å²) < 4.78 is 0. The van der Waals surface area contributed by atoms with Crippen molar-refractivity contribution in [2.75, 3.05) is 6.54 Å². The molecule has 2 rings (SSSR count). The topological polar surface area (TPSA) is 26.0 Å². The van der Waals surface area contributed by atoms with Crippen molar-refractivity contribution in [2.45, 2.75) is 39.5 Å². The molecule has 3 heteroatoms. The lowest BCUT2D eigenvalue weighted by atomic mass is 9.65. The van der Waals surface area contributed by atoms with Crippen LogP contribution in [0.5, 0.6) is 0 Å². The number of rotatable bonds is 3. The van der Waals surface area contributed by atoms with Gasteiger partial charge in [-0.2, -0.15) is 0 Å². The largest absolute Gasteiger partial charge is 0.330 e. The molecule has 1 aliphatic carbocycles. The number of hydrogen-bond acceptors (Lipinski definition) is 1. The first kappa shape index (κ1) is 15.2. The summed E-state index contributed by atoms with van der Waals surface area (Å²) in [6, 6.07) is 5.91. The molecule has 0 spiro atoms. The summed E-state index contributed by atoms with van der Waals surface area (Å²) in [5.74, 6) is 1.23. The minimum atomic E-state index is 0.418. The Labute approximate surface area is 126 Å². The Morgan fingerprint density at radius 2 is 2.00 bits per heavy atom. The molecule has 1 nitrogen and oxygen atoms in total. The SMILES string of the molecule is CC1(C)CCC(CN)C(Cc2cccc(Cl)c2Cl)C1. The highest BCUT2D eigenvalue weighted by atomic mass is 35.5. The van der Waals surface area contributed by atoms with Crippen LogP contribution in [0.3, 0.4) is 0 Å². The zero-order valence-corrected chi connectivity index (χ0v) is 13.3. The van der Waals surface area contributed by atoms with E-state index in [0.717, 1.165) is 18.5 Å². The monoisotopic (exact) mass is 299 g/mol. The Bertz CT molecular complexity index is 442. The average molecular weight is 300 g/mol. The molecule has 0 aliphatic heterocycles. The smallest absolute Gasteiger partial charge is 0.0624 e. The van der Waals surface area contributed by atoms with E-state index in [1.807, 2.05) is 12.1 Å². The Balaban J connectivity index is 2.17. The van der Waals surface area contributed by atoms with Crippen molar-refractivity contribution in [1.29, 1.82) is 0 Å². The van der Waals surface area contributed by atoms with Gasteiger partial charge in [-0.05, 0) is 61.1 Å². The Kier molecular flexibility index (Phi) is 4.81. The van der Waals surface area contributed by atoms with Crippen LogP contribution in [0.2, 0.25) is 10.0 Å². The molecule has 2 unspecified atom stereocenters. The summed E-state index contributed by atoms with van der Waals surface area (Å²) in [7, 11) is 0. The molecule has 1 aromatic carbocycles. The fourth-order valence-electron chi connectivity index (χ4n) is 3.33. The molecule has 0 amide bonds. The lowest BCUT2D eigenvalue weighted by molar-refractivity contribution is 0.121. The average Bonchev–Trinajstić information content (AvgIpc) is 2.34. The maximum Gasteiger partial charge on any atom is 0.0624 e. The van der Waals surface area contributed by atoms with Gasteiger partial charge < -0.3 is 5.73 Å². The van der Waals surface area contributed by atoms with Crippen LogP contribution in [0, 0.1) is 17.3 Å². The molecular weight excluding hydrogens is 277 g/mol. The van der Waals surface area contributed by atoms with Crippen molar-refractivity contribution in [3.63, 3.8) is 0 Å². The third-order valence-electron chi connectivity index (χ3n) is 4.49. The molecule has 0 heterocycles. The van der Waals surface area contributed by atoms with Gasteiger partial charge in [-0.1, -0.05) is 49.2 Å². The van der Waals surface area contributed by atoms with E-state index in [1.165, 1.54) is 19.3 Å². The zero-order chi connectivity index (χ0) is 14.0. The summed E-state index contributed by atoms with van der Waals surface area (Å²) in [5, 5.41) is 1.36. The van der Waals surface area contributed by atoms with Crippen LogP contribution in [0.1, 0.15) is 38.7 Å². The number of nitrogens with two attached hydrogens (primary N) is 1. The summed E-state index contributed by atoms with van der Waals surface area (Å²) in [5.41, 5.74) is 7.53. The molecule has 1 fully saturated rings. The van der Waals surface area contributed by atoms with Crippen molar-refractivity contribution in [3.8, 4) is 0 Å². The second-order valence-electron chi connectivity index (χ2n) is 6.58. The van der Waals surface area contributed by atoms with Gasteiger partial charge >= 0.3 is 0 Å². The standard InChI is InChI=1S/C16H23Cl2N/c1-16(2)7-6-12(10-19)13(9-16)8-11-4-3-5-14(17)15(11)18/h3-5,12-13H,6-10,19H2,1-2H3. The van der Waals surface area contributed by atoms with Gasteiger partial charge in [0, 0.05) is 0 Å². The predicted molar refractivity (Wildman–Crippen MR) is 83.8 cm³/mol. The number of halogens is 2. The molecule has 0 saturated heterocycles. The molecular formula is C16H23Cl2N. The van der Waals surface area contributed by atoms with E-state index < -0.39 is 0 Å². The van der Waals surface area contributed by atoms with Crippen molar-refractivity contribution < 1.29 is 0 Å². The van der Waals surface area contributed by atoms with Crippen LogP contribution in [0.4, 0.5) is 0 Å². The Hall–Kier alpha value is -0.240. The van der Waals surface area contributed by atoms with E-state index in [4.69, 9.17) is 28.9 Å². The van der Waals surface area contributed by atoms with Crippen LogP contribution < -0.4 is 5.73 Å². The summed E-state index contributed by atoms with van der Waals surface area (Å²) >= 11 is 12.4. The minimum absolute atomic E-state index is 0.418. The summed E-state index contributed by atoms with van der Waals surface area (Å²) in [6.45, 7) is 5.48. The van der Waals surface area contributed by atoms with E-state index in [-0.39, 0.29) is 0 Å². The highest BCUT2D eigenvalue weighted by Crippen LogP contribution is 2.43. The van der Waals surface area contributed by atoms with Gasteiger partial charge in [-0.15, -0.1) is 0 Å². The van der Waals surface area contributed by atoms with Gasteiger partial charge in [0.2, 0.25) is 0 Å². The number of hydrogen-bond donors (Lipinski definition) is 1. The summed E-state index contributed by atoms with van der Waals surface area (Å²) in [4.78, 5) is 0. The van der Waals surface area contributed by atoms with E-state index in [9.17, 15) is 0 Å². The molecule has 0 aromatic heterocycles. The molecule has 2 N–H and O–H groups in total. The van der Waals surface area contributed by atoms with Gasteiger partial charge in [-0.3, -0.25) is 0 Å². The van der Waals surface area contributed by atoms with E-state index >= 15 is 0 Å². The van der Waals surface area contributed by atoms with Crippen LogP contribution in [0.25, 0.3) is 0 Å². The fraction of sp³-hybridized carbons (Fsp3) is 0.625. The van der Waals surface area contributed by atoms with E-state index in [2.05, 4.69) is 19.9 Å². The van der Waals surface area contributed by atoms with Crippen LogP contribution >= 0.6 is 23.2 Å². The molecule has 1 aromatic rings. The second kappa shape index (κ2) is 6.03. The Morgan fingerprint density at radius 3 is 2.68 bits per heavy atom. The molecule has 0 bridgehead atoms. The zero-order valence-electron chi connectivity index (χ0n) is 11.8. The van der Waals surface area contributed by atoms with Crippen molar-refractivity contribution >= 4 is 23.2 Å². The maximum atomic E-state index is 6.31. The molecule has 2 atom stereocenters. The van der Waals surface area contributed by atoms with Crippen LogP contribution in [0.15, 0.2) is 18.2 Å². The Morgan fingerprint density at radius 1 is 1.26 bits per heavy atom. The molecule has 0 radical (unpaired) electrons. The first-order chi connectivity index (χ1) is 8.93. The van der Waals surface area contributed by atoms with Gasteiger partial charge in [0.25, 0.3) is 0 Å². The third-order valence-corrected chi connectivity index (χ3v) is 5.35. The lowest BCUT2D eigenvalue weighted by Gasteiger charge is -2.40. The normalized spacial score (nSPS) is 26.4. The van der Waals surface area contributed by atoms with Gasteiger partial charge in [0.05, 0.1) is 10.0 Å². The third kappa shape index (κ3) is 3.65. The summed E-state index contributed by atoms with van der Waals surface area (Å²) in [6.07, 6.45) is 4.71. The highest BCUT2D eigenvalue weighted by molar-refractivity contribution is 6.42. The maximum absolute atomic E-state index is 6.31. The molecule has 106 valence electrons. The fourth-order valence-corrected chi connectivity index (χ4v) is 3.73. The number of benzene rings is 1. The van der Waals surface area contributed by atoms with Crippen LogP contribution in [-0.2, 0) is 6.42 Å². The van der Waals surface area contributed by atoms with Crippen molar-refractivity contribution in [2.24, 2.45) is 23.0 Å². The molecule has 1 aliphatic rings. The first-order valence-corrected chi connectivity index (χ1v) is 7.81. The minimum Gasteiger partial charge on any atom is -0.330 e. The lowest BCUT2D eigenvalue weighted by Crippen LogP contribution is -2.35. The quantitative estimate of drug-likeness (QED) is 0.841. The van der Waals surface area contributed by atoms with Crippen LogP contribution in [-0.4, -0.2) is 6.54 Å². The van der Waals surface area contributed by atoms with Gasteiger partial charge in [-0.25, -0.2) is 0 Å². The van der Waals surface area contributed by atoms with Gasteiger partial charge in [0.1, 0.15) is 0 Å². The highest BCUT2D eigenvalue weighted by Gasteiger charge is 2.34. The molecule has 1 saturated carbocycles. The molecule has 19 heavy (non-hydrogen) atoms. The van der Waals surface area contributed by atoms with Gasteiger partial charge in [0.15, 0.2) is 0 Å². The van der Waals surface area contributed by atoms with Crippen molar-refractivity contribution in [3.05, 3.63) is 33.8 Å². The second-order valence-corrected chi connectivity index (χ2v) is 7.37. The van der Waals surface area contributed by atoms with E-state index in [1.54, 1.807) is 0 Å². The first-order valence-electron chi connectivity index (χ1n) is 7.06. The van der Waals surface area contributed by atoms with E-state index in [0.29, 0.717) is 27.3 Å². The van der Waals surface area contributed by atoms with Crippen molar-refractivity contribution in [1.82, 2.24) is 0 Å². The predicted octanol–water partition coefficient (Wildman–Crippen LogP) is 4.94.